The van der Waals surface area contributed by atoms with Crippen molar-refractivity contribution in [2.45, 2.75) is 33.2 Å². The number of nitrogens with one attached hydrogen (secondary N) is 1. The minimum atomic E-state index is 0.677. The molecule has 0 aliphatic carbocycles. The van der Waals surface area contributed by atoms with Crippen LogP contribution < -0.4 is 15.8 Å². The number of rotatable bonds is 7. The highest BCUT2D eigenvalue weighted by atomic mass is 16.5. The summed E-state index contributed by atoms with van der Waals surface area (Å²) < 4.78 is 5.64. The van der Waals surface area contributed by atoms with E-state index >= 15 is 0 Å². The molecule has 0 spiro atoms. The van der Waals surface area contributed by atoms with Crippen molar-refractivity contribution in [1.82, 2.24) is 0 Å². The van der Waals surface area contributed by atoms with Gasteiger partial charge in [0, 0.05) is 6.54 Å². The molecule has 2 aromatic carbocycles. The largest absolute Gasteiger partial charge is 0.491 e. The molecule has 0 saturated heterocycles. The Morgan fingerprint density at radius 2 is 1.71 bits per heavy atom. The standard InChI is InChI=1S/C18H24N2O/c1-3-12-21-17-7-5-6-16(18(17)19)20-13-15-10-8-14(4-2)9-11-15/h5-11,20H,3-4,12-13,19H2,1-2H3. The lowest BCUT2D eigenvalue weighted by atomic mass is 10.1. The molecular weight excluding hydrogens is 260 g/mol. The van der Waals surface area contributed by atoms with Gasteiger partial charge in [-0.25, -0.2) is 0 Å². The molecule has 0 saturated carbocycles. The zero-order chi connectivity index (χ0) is 15.1. The van der Waals surface area contributed by atoms with E-state index in [1.165, 1.54) is 11.1 Å². The molecule has 3 N–H and O–H groups in total. The molecule has 0 aliphatic rings. The summed E-state index contributed by atoms with van der Waals surface area (Å²) in [6.07, 6.45) is 2.04. The van der Waals surface area contributed by atoms with Crippen LogP contribution in [0.25, 0.3) is 0 Å². The number of aryl methyl sites for hydroxylation is 1. The van der Waals surface area contributed by atoms with Crippen molar-refractivity contribution in [3.8, 4) is 5.75 Å². The second kappa shape index (κ2) is 7.58. The van der Waals surface area contributed by atoms with E-state index in [0.29, 0.717) is 12.3 Å². The molecule has 0 heterocycles. The summed E-state index contributed by atoms with van der Waals surface area (Å²) in [6.45, 7) is 5.69. The van der Waals surface area contributed by atoms with Crippen molar-refractivity contribution in [2.75, 3.05) is 17.7 Å². The second-order valence-corrected chi connectivity index (χ2v) is 5.09. The summed E-state index contributed by atoms with van der Waals surface area (Å²) in [5.41, 5.74) is 10.3. The molecule has 3 heteroatoms. The fourth-order valence-corrected chi connectivity index (χ4v) is 2.13. The molecule has 0 aliphatic heterocycles. The van der Waals surface area contributed by atoms with E-state index < -0.39 is 0 Å². The normalized spacial score (nSPS) is 10.4. The average molecular weight is 284 g/mol. The van der Waals surface area contributed by atoms with Gasteiger partial charge in [0.15, 0.2) is 0 Å². The Balaban J connectivity index is 2.01. The van der Waals surface area contributed by atoms with E-state index in [1.807, 2.05) is 18.2 Å². The molecule has 2 aromatic rings. The average Bonchev–Trinajstić information content (AvgIpc) is 2.53. The molecule has 3 nitrogen and oxygen atoms in total. The van der Waals surface area contributed by atoms with E-state index in [4.69, 9.17) is 10.5 Å². The van der Waals surface area contributed by atoms with Crippen LogP contribution in [0.2, 0.25) is 0 Å². The highest BCUT2D eigenvalue weighted by Gasteiger charge is 2.05. The summed E-state index contributed by atoms with van der Waals surface area (Å²) in [4.78, 5) is 0. The maximum absolute atomic E-state index is 6.15. The third-order valence-corrected chi connectivity index (χ3v) is 3.44. The summed E-state index contributed by atoms with van der Waals surface area (Å²) in [5, 5.41) is 3.38. The number of benzene rings is 2. The second-order valence-electron chi connectivity index (χ2n) is 5.09. The van der Waals surface area contributed by atoms with Crippen molar-refractivity contribution in [1.29, 1.82) is 0 Å². The lowest BCUT2D eigenvalue weighted by molar-refractivity contribution is 0.319. The molecular formula is C18H24N2O. The van der Waals surface area contributed by atoms with Crippen LogP contribution in [-0.2, 0) is 13.0 Å². The van der Waals surface area contributed by atoms with Crippen molar-refractivity contribution >= 4 is 11.4 Å². The van der Waals surface area contributed by atoms with Gasteiger partial charge in [-0.05, 0) is 36.1 Å². The Kier molecular flexibility index (Phi) is 5.50. The summed E-state index contributed by atoms with van der Waals surface area (Å²) in [6, 6.07) is 14.5. The van der Waals surface area contributed by atoms with Crippen LogP contribution in [0.4, 0.5) is 11.4 Å². The van der Waals surface area contributed by atoms with Crippen LogP contribution in [-0.4, -0.2) is 6.61 Å². The van der Waals surface area contributed by atoms with E-state index in [9.17, 15) is 0 Å². The molecule has 0 bridgehead atoms. The van der Waals surface area contributed by atoms with E-state index in [-0.39, 0.29) is 0 Å². The van der Waals surface area contributed by atoms with Gasteiger partial charge in [0.05, 0.1) is 18.0 Å². The Bertz CT molecular complexity index is 564. The van der Waals surface area contributed by atoms with Crippen LogP contribution in [0.5, 0.6) is 5.75 Å². The van der Waals surface area contributed by atoms with Gasteiger partial charge in [0.1, 0.15) is 5.75 Å². The Hall–Kier alpha value is -2.16. The number of nitrogen functional groups attached to an aromatic ring is 1. The number of para-hydroxylation sites is 1. The SMILES string of the molecule is CCCOc1cccc(NCc2ccc(CC)cc2)c1N. The first kappa shape index (κ1) is 15.2. The van der Waals surface area contributed by atoms with Crippen molar-refractivity contribution in [3.05, 3.63) is 53.6 Å². The maximum atomic E-state index is 6.15. The highest BCUT2D eigenvalue weighted by molar-refractivity contribution is 5.72. The first-order valence-electron chi connectivity index (χ1n) is 7.57. The lowest BCUT2D eigenvalue weighted by Crippen LogP contribution is -2.05. The Labute approximate surface area is 127 Å². The summed E-state index contributed by atoms with van der Waals surface area (Å²) in [5.74, 6) is 0.753. The van der Waals surface area contributed by atoms with Gasteiger partial charge >= 0.3 is 0 Å². The first-order chi connectivity index (χ1) is 10.2. The van der Waals surface area contributed by atoms with Gasteiger partial charge in [0.2, 0.25) is 0 Å². The zero-order valence-corrected chi connectivity index (χ0v) is 12.9. The topological polar surface area (TPSA) is 47.3 Å². The maximum Gasteiger partial charge on any atom is 0.144 e. The predicted octanol–water partition coefficient (Wildman–Crippen LogP) is 4.23. The highest BCUT2D eigenvalue weighted by Crippen LogP contribution is 2.29. The van der Waals surface area contributed by atoms with E-state index in [1.54, 1.807) is 0 Å². The first-order valence-corrected chi connectivity index (χ1v) is 7.57. The Morgan fingerprint density at radius 1 is 1.00 bits per heavy atom. The predicted molar refractivity (Wildman–Crippen MR) is 89.8 cm³/mol. The van der Waals surface area contributed by atoms with Crippen LogP contribution in [0, 0.1) is 0 Å². The van der Waals surface area contributed by atoms with Crippen LogP contribution in [0.15, 0.2) is 42.5 Å². The molecule has 21 heavy (non-hydrogen) atoms. The molecule has 2 rings (SSSR count). The van der Waals surface area contributed by atoms with Crippen molar-refractivity contribution < 1.29 is 4.74 Å². The number of hydrogen-bond acceptors (Lipinski definition) is 3. The molecule has 0 atom stereocenters. The lowest BCUT2D eigenvalue weighted by Gasteiger charge is -2.13. The molecule has 0 radical (unpaired) electrons. The fraction of sp³-hybridized carbons (Fsp3) is 0.333. The fourth-order valence-electron chi connectivity index (χ4n) is 2.13. The Morgan fingerprint density at radius 3 is 2.38 bits per heavy atom. The molecule has 0 unspecified atom stereocenters. The number of ether oxygens (including phenoxy) is 1. The molecule has 0 amide bonds. The van der Waals surface area contributed by atoms with Crippen molar-refractivity contribution in [3.63, 3.8) is 0 Å². The van der Waals surface area contributed by atoms with E-state index in [2.05, 4.69) is 43.4 Å². The third-order valence-electron chi connectivity index (χ3n) is 3.44. The van der Waals surface area contributed by atoms with Crippen LogP contribution >= 0.6 is 0 Å². The van der Waals surface area contributed by atoms with Gasteiger partial charge in [0.25, 0.3) is 0 Å². The molecule has 0 fully saturated rings. The van der Waals surface area contributed by atoms with Gasteiger partial charge in [-0.2, -0.15) is 0 Å². The van der Waals surface area contributed by atoms with Gasteiger partial charge in [-0.1, -0.05) is 44.2 Å². The van der Waals surface area contributed by atoms with Crippen LogP contribution in [0.1, 0.15) is 31.4 Å². The number of nitrogens with two attached hydrogens (primary N) is 1. The molecule has 112 valence electrons. The number of hydrogen-bond donors (Lipinski definition) is 2. The monoisotopic (exact) mass is 284 g/mol. The summed E-state index contributed by atoms with van der Waals surface area (Å²) in [7, 11) is 0. The number of anilines is 2. The van der Waals surface area contributed by atoms with E-state index in [0.717, 1.165) is 30.8 Å². The van der Waals surface area contributed by atoms with Gasteiger partial charge in [-0.3, -0.25) is 0 Å². The molecule has 0 aromatic heterocycles. The van der Waals surface area contributed by atoms with Crippen molar-refractivity contribution in [2.24, 2.45) is 0 Å². The summed E-state index contributed by atoms with van der Waals surface area (Å²) >= 11 is 0. The van der Waals surface area contributed by atoms with Gasteiger partial charge in [-0.15, -0.1) is 0 Å². The van der Waals surface area contributed by atoms with Crippen LogP contribution in [0.3, 0.4) is 0 Å². The third kappa shape index (κ3) is 4.15. The quantitative estimate of drug-likeness (QED) is 0.748. The minimum absolute atomic E-state index is 0.677. The zero-order valence-electron chi connectivity index (χ0n) is 12.9. The minimum Gasteiger partial charge on any atom is -0.491 e. The van der Waals surface area contributed by atoms with Gasteiger partial charge < -0.3 is 15.8 Å². The smallest absolute Gasteiger partial charge is 0.144 e.